The number of aliphatic carboxylic acids is 1. The standard InChI is InChI=1S/C21H31F2N5O4S/c1-10-15-14(11(2)26-19(29)18(22)23)20(30)28(15)16(21(31)32)17(10)33-13-7-12(25-8-13)9-27-5-3-24-4-6-27/h10-15,18,24-25H,3-9H2,1-2H3,(H,26,29)(H,31,32)/t10-,11-,12+,13+,14-,15-/m1/s1. The van der Waals surface area contributed by atoms with Gasteiger partial charge in [-0.25, -0.2) is 4.79 Å². The average molecular weight is 488 g/mol. The first-order valence-corrected chi connectivity index (χ1v) is 12.3. The molecule has 2 amide bonds. The molecular weight excluding hydrogens is 456 g/mol. The summed E-state index contributed by atoms with van der Waals surface area (Å²) in [4.78, 5) is 40.7. The normalized spacial score (nSPS) is 33.3. The molecule has 6 atom stereocenters. The van der Waals surface area contributed by atoms with E-state index in [1.807, 2.05) is 6.92 Å². The smallest absolute Gasteiger partial charge is 0.353 e. The Balaban J connectivity index is 1.41. The van der Waals surface area contributed by atoms with Crippen molar-refractivity contribution in [2.75, 3.05) is 39.3 Å². The SMILES string of the molecule is C[C@@H](NC(=O)C(F)F)[C@H]1C(=O)N2C(C(=O)O)=C(S[C@@H]3CN[C@H](CN4CCNCC4)C3)[C@H](C)[C@H]12. The number of β-lactam (4-membered cyclic amide) rings is 1. The van der Waals surface area contributed by atoms with Crippen LogP contribution in [0.4, 0.5) is 8.78 Å². The van der Waals surface area contributed by atoms with Crippen LogP contribution < -0.4 is 16.0 Å². The number of fused-ring (bicyclic) bond motifs is 1. The van der Waals surface area contributed by atoms with Crippen molar-refractivity contribution in [1.29, 1.82) is 0 Å². The van der Waals surface area contributed by atoms with E-state index in [4.69, 9.17) is 0 Å². The summed E-state index contributed by atoms with van der Waals surface area (Å²) in [6.07, 6.45) is -2.26. The third-order valence-electron chi connectivity index (χ3n) is 7.06. The Hall–Kier alpha value is -1.76. The third kappa shape index (κ3) is 4.75. The Bertz CT molecular complexity index is 837. The fourth-order valence-electron chi connectivity index (χ4n) is 5.47. The summed E-state index contributed by atoms with van der Waals surface area (Å²) in [6, 6.07) is -0.925. The van der Waals surface area contributed by atoms with E-state index in [-0.39, 0.29) is 16.9 Å². The zero-order valence-corrected chi connectivity index (χ0v) is 19.5. The molecule has 3 fully saturated rings. The molecule has 0 aromatic heterocycles. The van der Waals surface area contributed by atoms with Crippen LogP contribution in [0.5, 0.6) is 0 Å². The van der Waals surface area contributed by atoms with Crippen molar-refractivity contribution in [2.45, 2.75) is 50.1 Å². The number of carboxylic acid groups (broad SMARTS) is 1. The highest BCUT2D eigenvalue weighted by Crippen LogP contribution is 2.51. The molecule has 9 nitrogen and oxygen atoms in total. The maximum atomic E-state index is 12.8. The molecule has 0 spiro atoms. The fraction of sp³-hybridized carbons (Fsp3) is 0.762. The van der Waals surface area contributed by atoms with E-state index < -0.39 is 42.2 Å². The van der Waals surface area contributed by atoms with E-state index >= 15 is 0 Å². The Morgan fingerprint density at radius 2 is 2.00 bits per heavy atom. The number of rotatable bonds is 8. The summed E-state index contributed by atoms with van der Waals surface area (Å²) in [6.45, 7) is 9.10. The van der Waals surface area contributed by atoms with Crippen LogP contribution >= 0.6 is 11.8 Å². The summed E-state index contributed by atoms with van der Waals surface area (Å²) in [5.41, 5.74) is -0.00306. The second-order valence-electron chi connectivity index (χ2n) is 9.26. The van der Waals surface area contributed by atoms with Gasteiger partial charge in [-0.2, -0.15) is 8.78 Å². The molecule has 0 unspecified atom stereocenters. The second-order valence-corrected chi connectivity index (χ2v) is 10.6. The molecule has 184 valence electrons. The van der Waals surface area contributed by atoms with Crippen LogP contribution in [0.3, 0.4) is 0 Å². The van der Waals surface area contributed by atoms with Gasteiger partial charge in [-0.05, 0) is 13.3 Å². The lowest BCUT2D eigenvalue weighted by Gasteiger charge is -2.47. The van der Waals surface area contributed by atoms with Crippen LogP contribution in [0.15, 0.2) is 10.6 Å². The van der Waals surface area contributed by atoms with Crippen molar-refractivity contribution in [1.82, 2.24) is 25.8 Å². The van der Waals surface area contributed by atoms with Gasteiger partial charge in [0.2, 0.25) is 5.91 Å². The first kappa shape index (κ1) is 24.4. The minimum absolute atomic E-state index is 0.00306. The molecule has 4 N–H and O–H groups in total. The molecule has 4 aliphatic rings. The summed E-state index contributed by atoms with van der Waals surface area (Å²) in [7, 11) is 0. The Morgan fingerprint density at radius 1 is 1.30 bits per heavy atom. The van der Waals surface area contributed by atoms with Gasteiger partial charge in [-0.1, -0.05) is 6.92 Å². The maximum absolute atomic E-state index is 12.8. The Labute approximate surface area is 195 Å². The summed E-state index contributed by atoms with van der Waals surface area (Å²) >= 11 is 1.51. The number of hydrogen-bond acceptors (Lipinski definition) is 7. The first-order chi connectivity index (χ1) is 15.7. The lowest BCUT2D eigenvalue weighted by atomic mass is 9.78. The van der Waals surface area contributed by atoms with Crippen LogP contribution in [0.25, 0.3) is 0 Å². The molecule has 12 heteroatoms. The van der Waals surface area contributed by atoms with Crippen LogP contribution in [0.2, 0.25) is 0 Å². The molecule has 0 aromatic carbocycles. The molecule has 0 radical (unpaired) electrons. The number of carboxylic acids is 1. The van der Waals surface area contributed by atoms with Gasteiger partial charge in [0.15, 0.2) is 0 Å². The van der Waals surface area contributed by atoms with Gasteiger partial charge >= 0.3 is 12.4 Å². The van der Waals surface area contributed by atoms with Crippen LogP contribution in [0.1, 0.15) is 20.3 Å². The molecule has 0 aliphatic carbocycles. The average Bonchev–Trinajstić information content (AvgIpc) is 3.29. The van der Waals surface area contributed by atoms with Crippen molar-refractivity contribution in [2.24, 2.45) is 11.8 Å². The number of carbonyl (C=O) groups is 3. The van der Waals surface area contributed by atoms with Gasteiger partial charge in [0.1, 0.15) is 5.70 Å². The van der Waals surface area contributed by atoms with E-state index in [0.717, 1.165) is 45.7 Å². The molecule has 4 heterocycles. The molecule has 0 bridgehead atoms. The number of hydrogen-bond donors (Lipinski definition) is 4. The van der Waals surface area contributed by atoms with Crippen LogP contribution in [-0.4, -0.2) is 102 Å². The molecule has 3 saturated heterocycles. The van der Waals surface area contributed by atoms with E-state index in [1.54, 1.807) is 0 Å². The molecule has 4 rings (SSSR count). The second kappa shape index (κ2) is 9.85. The highest BCUT2D eigenvalue weighted by Gasteiger charge is 2.60. The van der Waals surface area contributed by atoms with Crippen molar-refractivity contribution in [3.8, 4) is 0 Å². The Morgan fingerprint density at radius 3 is 2.64 bits per heavy atom. The molecule has 0 aromatic rings. The van der Waals surface area contributed by atoms with Gasteiger partial charge in [-0.15, -0.1) is 11.8 Å². The first-order valence-electron chi connectivity index (χ1n) is 11.4. The molecule has 4 aliphatic heterocycles. The van der Waals surface area contributed by atoms with Gasteiger partial charge in [0.05, 0.1) is 12.0 Å². The predicted molar refractivity (Wildman–Crippen MR) is 119 cm³/mol. The molecule has 33 heavy (non-hydrogen) atoms. The summed E-state index contributed by atoms with van der Waals surface area (Å²) < 4.78 is 25.3. The number of amides is 2. The van der Waals surface area contributed by atoms with E-state index in [1.165, 1.54) is 23.6 Å². The number of nitrogens with one attached hydrogen (secondary N) is 3. The third-order valence-corrected chi connectivity index (χ3v) is 8.57. The monoisotopic (exact) mass is 487 g/mol. The zero-order valence-electron chi connectivity index (χ0n) is 18.7. The van der Waals surface area contributed by atoms with Crippen molar-refractivity contribution < 1.29 is 28.3 Å². The van der Waals surface area contributed by atoms with Gasteiger partial charge in [0, 0.05) is 67.4 Å². The lowest BCUT2D eigenvalue weighted by Crippen LogP contribution is -2.66. The number of nitrogens with zero attached hydrogens (tertiary/aromatic N) is 2. The Kier molecular flexibility index (Phi) is 7.27. The predicted octanol–water partition coefficient (Wildman–Crippen LogP) is -0.102. The maximum Gasteiger partial charge on any atom is 0.353 e. The van der Waals surface area contributed by atoms with Gasteiger partial charge in [-0.3, -0.25) is 14.5 Å². The lowest BCUT2D eigenvalue weighted by molar-refractivity contribution is -0.159. The summed E-state index contributed by atoms with van der Waals surface area (Å²) in [5, 5.41) is 19.1. The number of thioether (sulfide) groups is 1. The number of halogens is 2. The highest BCUT2D eigenvalue weighted by atomic mass is 32.2. The largest absolute Gasteiger partial charge is 0.477 e. The van der Waals surface area contributed by atoms with E-state index in [2.05, 4.69) is 20.9 Å². The number of piperazine rings is 1. The van der Waals surface area contributed by atoms with Crippen molar-refractivity contribution in [3.05, 3.63) is 10.6 Å². The molecule has 0 saturated carbocycles. The van der Waals surface area contributed by atoms with Crippen LogP contribution in [-0.2, 0) is 14.4 Å². The quantitative estimate of drug-likeness (QED) is 0.351. The van der Waals surface area contributed by atoms with E-state index in [9.17, 15) is 28.3 Å². The zero-order chi connectivity index (χ0) is 23.9. The van der Waals surface area contributed by atoms with Gasteiger partial charge < -0.3 is 26.0 Å². The topological polar surface area (TPSA) is 114 Å². The number of alkyl halides is 2. The fourth-order valence-corrected chi connectivity index (χ4v) is 6.99. The van der Waals surface area contributed by atoms with Crippen molar-refractivity contribution >= 4 is 29.5 Å². The molecular formula is C21H31F2N5O4S. The summed E-state index contributed by atoms with van der Waals surface area (Å²) in [5.74, 6) is -4.00. The minimum atomic E-state index is -3.16. The minimum Gasteiger partial charge on any atom is -0.477 e. The van der Waals surface area contributed by atoms with Crippen molar-refractivity contribution in [3.63, 3.8) is 0 Å². The van der Waals surface area contributed by atoms with Gasteiger partial charge in [0.25, 0.3) is 5.91 Å². The van der Waals surface area contributed by atoms with Crippen LogP contribution in [0, 0.1) is 11.8 Å². The number of carbonyl (C=O) groups excluding carboxylic acids is 2. The highest BCUT2D eigenvalue weighted by molar-refractivity contribution is 8.03. The van der Waals surface area contributed by atoms with E-state index in [0.29, 0.717) is 10.9 Å².